The molecule has 4 bridgehead atoms. The Morgan fingerprint density at radius 2 is 1.29 bits per heavy atom. The van der Waals surface area contributed by atoms with Gasteiger partial charge in [-0.1, -0.05) is 60.7 Å². The maximum absolute atomic E-state index is 14.4. The molecule has 2 aliphatic heterocycles. The molecule has 1 saturated carbocycles. The molecule has 0 unspecified atom stereocenters. The van der Waals surface area contributed by atoms with Gasteiger partial charge in [0.2, 0.25) is 11.8 Å². The number of nitrogens with zero attached hydrogens (tertiary/aromatic N) is 3. The standard InChI is InChI=1S/C34H24FN3O4/c35-19-11-13-20(14-12-19)37-30(39)28-27-21-5-1-3-7-23(21)34(29(28)33(37)42,24-8-4-2-6-22(24)27)16-36-38-31(40)25-17-9-10-18(15-17)26(25)32(38)41/h1-14,16-18,25-29H,15H2/b36-16-/t17-,18-,25-,26+,27?,28+,29-,34?/m0/s1. The molecule has 7 nitrogen and oxygen atoms in total. The lowest BCUT2D eigenvalue weighted by Crippen LogP contribution is -2.55. The Labute approximate surface area is 240 Å². The molecule has 3 aromatic rings. The number of benzene rings is 3. The van der Waals surface area contributed by atoms with E-state index < -0.39 is 40.8 Å². The van der Waals surface area contributed by atoms with Gasteiger partial charge in [0.15, 0.2) is 0 Å². The summed E-state index contributed by atoms with van der Waals surface area (Å²) in [4.78, 5) is 56.9. The van der Waals surface area contributed by atoms with E-state index in [1.807, 2.05) is 60.7 Å². The summed E-state index contributed by atoms with van der Waals surface area (Å²) in [6.07, 6.45) is 6.48. The van der Waals surface area contributed by atoms with Crippen LogP contribution < -0.4 is 4.90 Å². The van der Waals surface area contributed by atoms with Crippen LogP contribution in [0.15, 0.2) is 90.0 Å². The highest BCUT2D eigenvalue weighted by atomic mass is 19.1. The number of allylic oxidation sites excluding steroid dienone is 2. The van der Waals surface area contributed by atoms with Gasteiger partial charge in [0.05, 0.1) is 34.8 Å². The number of rotatable bonds is 3. The number of hydrazone groups is 1. The lowest BCUT2D eigenvalue weighted by atomic mass is 9.47. The van der Waals surface area contributed by atoms with Crippen LogP contribution in [0.3, 0.4) is 0 Å². The molecule has 6 atom stereocenters. The third-order valence-electron chi connectivity index (χ3n) is 10.6. The second kappa shape index (κ2) is 7.97. The van der Waals surface area contributed by atoms with Gasteiger partial charge in [-0.15, -0.1) is 0 Å². The SMILES string of the molecule is O=C1[C@@H]2[C@H](C(=O)N1/N=C\C13c4ccccc4C(c4ccccc41)[C@H]1C(=O)N(c4ccc(F)cc4)C(=O)[C@H]13)[C@H]1C=C[C@H]2C1. The highest BCUT2D eigenvalue weighted by molar-refractivity contribution is 6.25. The van der Waals surface area contributed by atoms with E-state index in [9.17, 15) is 23.6 Å². The first kappa shape index (κ1) is 23.9. The summed E-state index contributed by atoms with van der Waals surface area (Å²) in [5.41, 5.74) is 2.61. The largest absolute Gasteiger partial charge is 0.274 e. The topological polar surface area (TPSA) is 87.1 Å². The first-order valence-electron chi connectivity index (χ1n) is 14.4. The monoisotopic (exact) mass is 557 g/mol. The highest BCUT2D eigenvalue weighted by Gasteiger charge is 2.68. The van der Waals surface area contributed by atoms with Crippen molar-refractivity contribution in [2.45, 2.75) is 17.8 Å². The van der Waals surface area contributed by atoms with Crippen molar-refractivity contribution in [2.24, 2.45) is 40.6 Å². The fraction of sp³-hybridized carbons (Fsp3) is 0.265. The highest BCUT2D eigenvalue weighted by Crippen LogP contribution is 2.64. The number of carbonyl (C=O) groups is 4. The number of anilines is 1. The number of fused-ring (bicyclic) bond motifs is 5. The first-order valence-corrected chi connectivity index (χ1v) is 14.4. The minimum atomic E-state index is -1.20. The summed E-state index contributed by atoms with van der Waals surface area (Å²) in [7, 11) is 0. The van der Waals surface area contributed by atoms with Crippen molar-refractivity contribution in [3.63, 3.8) is 0 Å². The molecule has 8 heteroatoms. The van der Waals surface area contributed by atoms with E-state index in [4.69, 9.17) is 0 Å². The van der Waals surface area contributed by atoms with Crippen LogP contribution in [0.5, 0.6) is 0 Å². The van der Waals surface area contributed by atoms with E-state index in [-0.39, 0.29) is 35.5 Å². The molecule has 0 N–H and O–H groups in total. The Hall–Kier alpha value is -4.72. The second-order valence-corrected chi connectivity index (χ2v) is 12.2. The molecule has 5 aliphatic carbocycles. The molecule has 3 aromatic carbocycles. The Morgan fingerprint density at radius 3 is 1.88 bits per heavy atom. The lowest BCUT2D eigenvalue weighted by Gasteiger charge is -2.52. The normalized spacial score (nSPS) is 34.9. The maximum atomic E-state index is 14.4. The van der Waals surface area contributed by atoms with Crippen molar-refractivity contribution in [3.8, 4) is 0 Å². The Bertz CT molecular complexity index is 1750. The van der Waals surface area contributed by atoms with Crippen molar-refractivity contribution < 1.29 is 23.6 Å². The quantitative estimate of drug-likeness (QED) is 0.275. The zero-order chi connectivity index (χ0) is 28.5. The van der Waals surface area contributed by atoms with Crippen molar-refractivity contribution in [1.29, 1.82) is 0 Å². The van der Waals surface area contributed by atoms with Gasteiger partial charge in [-0.3, -0.25) is 19.2 Å². The third-order valence-corrected chi connectivity index (χ3v) is 10.6. The summed E-state index contributed by atoms with van der Waals surface area (Å²) in [6.45, 7) is 0. The zero-order valence-corrected chi connectivity index (χ0v) is 22.3. The van der Waals surface area contributed by atoms with Gasteiger partial charge >= 0.3 is 0 Å². The number of halogens is 1. The van der Waals surface area contributed by atoms with E-state index in [2.05, 4.69) is 5.10 Å². The van der Waals surface area contributed by atoms with Gasteiger partial charge in [0.1, 0.15) is 5.82 Å². The summed E-state index contributed by atoms with van der Waals surface area (Å²) < 4.78 is 13.8. The minimum Gasteiger partial charge on any atom is -0.274 e. The van der Waals surface area contributed by atoms with Crippen molar-refractivity contribution in [2.75, 3.05) is 4.90 Å². The number of carbonyl (C=O) groups excluding carboxylic acids is 4. The van der Waals surface area contributed by atoms with Crippen LogP contribution in [-0.4, -0.2) is 34.9 Å². The van der Waals surface area contributed by atoms with Gasteiger partial charge < -0.3 is 0 Å². The summed E-state index contributed by atoms with van der Waals surface area (Å²) in [5.74, 6) is -4.51. The van der Waals surface area contributed by atoms with Crippen LogP contribution >= 0.6 is 0 Å². The molecular formula is C34H24FN3O4. The molecule has 3 fully saturated rings. The summed E-state index contributed by atoms with van der Waals surface area (Å²) >= 11 is 0. The van der Waals surface area contributed by atoms with E-state index in [1.165, 1.54) is 29.2 Å². The molecule has 4 amide bonds. The molecule has 0 spiro atoms. The van der Waals surface area contributed by atoms with E-state index in [0.717, 1.165) is 33.7 Å². The van der Waals surface area contributed by atoms with Gasteiger partial charge in [-0.25, -0.2) is 9.29 Å². The van der Waals surface area contributed by atoms with E-state index in [1.54, 1.807) is 6.21 Å². The number of hydrogen-bond donors (Lipinski definition) is 0. The average Bonchev–Trinajstić information content (AvgIpc) is 3.75. The molecule has 0 aromatic heterocycles. The van der Waals surface area contributed by atoms with Crippen LogP contribution in [0.4, 0.5) is 10.1 Å². The molecule has 2 saturated heterocycles. The van der Waals surface area contributed by atoms with Crippen LogP contribution in [0.1, 0.15) is 34.6 Å². The van der Waals surface area contributed by atoms with Crippen molar-refractivity contribution in [3.05, 3.63) is 113 Å². The van der Waals surface area contributed by atoms with Crippen molar-refractivity contribution >= 4 is 35.5 Å². The third kappa shape index (κ3) is 2.68. The van der Waals surface area contributed by atoms with Gasteiger partial charge in [-0.2, -0.15) is 10.1 Å². The Kier molecular flexibility index (Phi) is 4.54. The Morgan fingerprint density at radius 1 is 0.714 bits per heavy atom. The zero-order valence-electron chi connectivity index (χ0n) is 22.3. The Balaban J connectivity index is 1.24. The maximum Gasteiger partial charge on any atom is 0.254 e. The van der Waals surface area contributed by atoms with Crippen LogP contribution in [0.25, 0.3) is 0 Å². The van der Waals surface area contributed by atoms with Gasteiger partial charge in [-0.05, 0) is 64.8 Å². The fourth-order valence-electron chi connectivity index (χ4n) is 9.04. The van der Waals surface area contributed by atoms with Crippen LogP contribution in [-0.2, 0) is 24.6 Å². The molecule has 206 valence electrons. The molecule has 2 heterocycles. The first-order chi connectivity index (χ1) is 20.4. The number of imide groups is 2. The molecular weight excluding hydrogens is 533 g/mol. The number of amides is 4. The smallest absolute Gasteiger partial charge is 0.254 e. The lowest BCUT2D eigenvalue weighted by molar-refractivity contribution is -0.140. The summed E-state index contributed by atoms with van der Waals surface area (Å²) in [5, 5.41) is 5.64. The second-order valence-electron chi connectivity index (χ2n) is 12.2. The van der Waals surface area contributed by atoms with Gasteiger partial charge in [0.25, 0.3) is 11.8 Å². The molecule has 42 heavy (non-hydrogen) atoms. The van der Waals surface area contributed by atoms with Crippen molar-refractivity contribution in [1.82, 2.24) is 5.01 Å². The average molecular weight is 558 g/mol. The fourth-order valence-corrected chi connectivity index (χ4v) is 9.04. The van der Waals surface area contributed by atoms with E-state index >= 15 is 0 Å². The predicted octanol–water partition coefficient (Wildman–Crippen LogP) is 4.17. The minimum absolute atomic E-state index is 0.0454. The summed E-state index contributed by atoms with van der Waals surface area (Å²) in [6, 6.07) is 20.8. The van der Waals surface area contributed by atoms with Crippen LogP contribution in [0, 0.1) is 41.3 Å². The molecule has 10 rings (SSSR count). The predicted molar refractivity (Wildman–Crippen MR) is 149 cm³/mol. The van der Waals surface area contributed by atoms with Crippen LogP contribution in [0.2, 0.25) is 0 Å². The number of hydrogen-bond acceptors (Lipinski definition) is 5. The molecule has 7 aliphatic rings. The van der Waals surface area contributed by atoms with Gasteiger partial charge in [0, 0.05) is 12.1 Å². The van der Waals surface area contributed by atoms with E-state index in [0.29, 0.717) is 5.69 Å². The molecule has 0 radical (unpaired) electrons.